The third-order valence-corrected chi connectivity index (χ3v) is 7.73. The second kappa shape index (κ2) is 11.1. The summed E-state index contributed by atoms with van der Waals surface area (Å²) in [6, 6.07) is 0.0229. The molecule has 0 aromatic carbocycles. The van der Waals surface area contributed by atoms with Crippen LogP contribution in [0.4, 0.5) is 13.2 Å². The van der Waals surface area contributed by atoms with Crippen molar-refractivity contribution in [1.82, 2.24) is 25.0 Å². The lowest BCUT2D eigenvalue weighted by Gasteiger charge is -2.35. The van der Waals surface area contributed by atoms with Gasteiger partial charge in [0, 0.05) is 50.2 Å². The van der Waals surface area contributed by atoms with Gasteiger partial charge in [-0.05, 0) is 44.1 Å². The molecule has 1 aliphatic carbocycles. The molecule has 2 aromatic rings. The Balaban J connectivity index is 1.17. The number of thiazole rings is 1. The molecule has 0 atom stereocenters. The Morgan fingerprint density at radius 1 is 1.32 bits per heavy atom. The first-order valence-electron chi connectivity index (χ1n) is 11.9. The average Bonchev–Trinajstić information content (AvgIpc) is 3.33. The molecule has 0 saturated heterocycles. The molecule has 2 aromatic heterocycles. The summed E-state index contributed by atoms with van der Waals surface area (Å²) in [6.45, 7) is 1.62. The van der Waals surface area contributed by atoms with Crippen LogP contribution in [0.25, 0.3) is 0 Å². The number of carbonyl (C=O) groups is 1. The van der Waals surface area contributed by atoms with Gasteiger partial charge >= 0.3 is 0 Å². The summed E-state index contributed by atoms with van der Waals surface area (Å²) in [5, 5.41) is 7.43. The second-order valence-corrected chi connectivity index (χ2v) is 10.4. The summed E-state index contributed by atoms with van der Waals surface area (Å²) >= 11 is 1.34. The molecule has 1 aliphatic heterocycles. The lowest BCUT2D eigenvalue weighted by molar-refractivity contribution is -0.121. The summed E-state index contributed by atoms with van der Waals surface area (Å²) in [5.41, 5.74) is 0.583. The maximum Gasteiger partial charge on any atom is 0.273 e. The van der Waals surface area contributed by atoms with Crippen LogP contribution in [0.5, 0.6) is 5.19 Å². The van der Waals surface area contributed by atoms with Crippen molar-refractivity contribution in [2.24, 2.45) is 7.05 Å². The molecule has 3 heterocycles. The number of ether oxygens (including phenoxy) is 1. The monoisotopic (exact) mass is 499 g/mol. The molecule has 0 unspecified atom stereocenters. The van der Waals surface area contributed by atoms with Crippen LogP contribution in [0.15, 0.2) is 12.4 Å². The molecular formula is C23H32F3N5O2S. The molecule has 0 radical (unpaired) electrons. The van der Waals surface area contributed by atoms with Crippen LogP contribution in [-0.2, 0) is 31.1 Å². The van der Waals surface area contributed by atoms with Crippen molar-refractivity contribution >= 4 is 17.2 Å². The van der Waals surface area contributed by atoms with E-state index in [0.717, 1.165) is 35.6 Å². The van der Waals surface area contributed by atoms with E-state index in [2.05, 4.69) is 20.3 Å². The number of fused-ring (bicyclic) bond motifs is 1. The van der Waals surface area contributed by atoms with Crippen molar-refractivity contribution in [2.45, 2.75) is 69.5 Å². The van der Waals surface area contributed by atoms with Crippen LogP contribution in [0, 0.1) is 0 Å². The summed E-state index contributed by atoms with van der Waals surface area (Å²) in [4.78, 5) is 20.0. The molecule has 0 spiro atoms. The lowest BCUT2D eigenvalue weighted by atomic mass is 9.81. The molecule has 1 saturated carbocycles. The number of aromatic nitrogens is 3. The van der Waals surface area contributed by atoms with Gasteiger partial charge in [0.05, 0.1) is 18.3 Å². The van der Waals surface area contributed by atoms with E-state index in [-0.39, 0.29) is 11.9 Å². The average molecular weight is 500 g/mol. The van der Waals surface area contributed by atoms with Crippen LogP contribution in [0.1, 0.15) is 48.2 Å². The maximum absolute atomic E-state index is 15.5. The Morgan fingerprint density at radius 3 is 2.79 bits per heavy atom. The van der Waals surface area contributed by atoms with Gasteiger partial charge in [-0.25, -0.2) is 18.2 Å². The van der Waals surface area contributed by atoms with Crippen molar-refractivity contribution in [3.63, 3.8) is 0 Å². The SMILES string of the molecule is Cn1cc(CC(=O)NC2CCC(F)(CCN3CCc4nc(OCC(F)F)sc4CC3)CC2)cn1. The van der Waals surface area contributed by atoms with E-state index < -0.39 is 18.7 Å². The van der Waals surface area contributed by atoms with Gasteiger partial charge in [-0.1, -0.05) is 11.3 Å². The highest BCUT2D eigenvalue weighted by molar-refractivity contribution is 7.13. The zero-order valence-electron chi connectivity index (χ0n) is 19.4. The third kappa shape index (κ3) is 6.94. The smallest absolute Gasteiger partial charge is 0.273 e. The number of nitrogens with zero attached hydrogens (tertiary/aromatic N) is 4. The van der Waals surface area contributed by atoms with E-state index in [1.54, 1.807) is 10.9 Å². The molecule has 1 N–H and O–H groups in total. The molecule has 34 heavy (non-hydrogen) atoms. The normalized spacial score (nSPS) is 23.5. The number of alkyl halides is 3. The molecular weight excluding hydrogens is 467 g/mol. The third-order valence-electron chi connectivity index (χ3n) is 6.66. The minimum atomic E-state index is -2.51. The molecule has 4 rings (SSSR count). The fraction of sp³-hybridized carbons (Fsp3) is 0.696. The van der Waals surface area contributed by atoms with Crippen molar-refractivity contribution in [3.05, 3.63) is 28.5 Å². The van der Waals surface area contributed by atoms with Crippen molar-refractivity contribution in [1.29, 1.82) is 0 Å². The Hall–Kier alpha value is -2.14. The van der Waals surface area contributed by atoms with E-state index in [4.69, 9.17) is 4.74 Å². The summed E-state index contributed by atoms with van der Waals surface area (Å²) in [5.74, 6) is -0.0437. The van der Waals surface area contributed by atoms with Crippen LogP contribution < -0.4 is 10.1 Å². The van der Waals surface area contributed by atoms with Gasteiger partial charge in [-0.3, -0.25) is 9.48 Å². The second-order valence-electron chi connectivity index (χ2n) is 9.34. The maximum atomic E-state index is 15.5. The van der Waals surface area contributed by atoms with Crippen LogP contribution in [-0.4, -0.2) is 69.9 Å². The topological polar surface area (TPSA) is 72.3 Å². The number of halogens is 3. The highest BCUT2D eigenvalue weighted by Gasteiger charge is 2.36. The first-order valence-corrected chi connectivity index (χ1v) is 12.7. The number of amides is 1. The van der Waals surface area contributed by atoms with Gasteiger partial charge in [-0.2, -0.15) is 5.10 Å². The van der Waals surface area contributed by atoms with E-state index in [1.807, 2.05) is 13.2 Å². The van der Waals surface area contributed by atoms with Gasteiger partial charge in [0.15, 0.2) is 6.61 Å². The van der Waals surface area contributed by atoms with Gasteiger partial charge < -0.3 is 15.0 Å². The molecule has 1 amide bonds. The van der Waals surface area contributed by atoms with Crippen molar-refractivity contribution in [3.8, 4) is 5.19 Å². The molecule has 1 fully saturated rings. The van der Waals surface area contributed by atoms with Crippen molar-refractivity contribution in [2.75, 3.05) is 26.2 Å². The van der Waals surface area contributed by atoms with Crippen LogP contribution in [0.3, 0.4) is 0 Å². The predicted octanol–water partition coefficient (Wildman–Crippen LogP) is 3.32. The van der Waals surface area contributed by atoms with Gasteiger partial charge in [0.25, 0.3) is 11.6 Å². The summed E-state index contributed by atoms with van der Waals surface area (Å²) < 4.78 is 46.9. The fourth-order valence-corrected chi connectivity index (χ4v) is 5.67. The number of rotatable bonds is 9. The quantitative estimate of drug-likeness (QED) is 0.573. The highest BCUT2D eigenvalue weighted by atomic mass is 32.1. The van der Waals surface area contributed by atoms with E-state index >= 15 is 4.39 Å². The standard InChI is InChI=1S/C23H32F3N5O2S/c1-30-14-16(13-27-30)12-21(32)28-17-2-6-23(26,7-3-17)8-11-31-9-4-18-19(5-10-31)34-22(29-18)33-15-20(24)25/h13-14,17,20H,2-12,15H2,1H3,(H,28,32). The molecule has 11 heteroatoms. The van der Waals surface area contributed by atoms with Gasteiger partial charge in [-0.15, -0.1) is 0 Å². The van der Waals surface area contributed by atoms with E-state index in [0.29, 0.717) is 56.7 Å². The van der Waals surface area contributed by atoms with Crippen LogP contribution >= 0.6 is 11.3 Å². The molecule has 7 nitrogen and oxygen atoms in total. The van der Waals surface area contributed by atoms with Crippen LogP contribution in [0.2, 0.25) is 0 Å². The largest absolute Gasteiger partial charge is 0.464 e. The summed E-state index contributed by atoms with van der Waals surface area (Å²) in [7, 11) is 1.82. The van der Waals surface area contributed by atoms with E-state index in [1.165, 1.54) is 11.3 Å². The molecule has 0 bridgehead atoms. The number of aryl methyl sites for hydroxylation is 1. The molecule has 188 valence electrons. The lowest BCUT2D eigenvalue weighted by Crippen LogP contribution is -2.43. The number of carbonyl (C=O) groups excluding carboxylic acids is 1. The Labute approximate surface area is 201 Å². The Morgan fingerprint density at radius 2 is 2.09 bits per heavy atom. The van der Waals surface area contributed by atoms with E-state index in [9.17, 15) is 13.6 Å². The number of hydrogen-bond acceptors (Lipinski definition) is 6. The predicted molar refractivity (Wildman–Crippen MR) is 123 cm³/mol. The first-order chi connectivity index (χ1) is 16.3. The Bertz CT molecular complexity index is 933. The molecule has 2 aliphatic rings. The minimum Gasteiger partial charge on any atom is -0.464 e. The fourth-order valence-electron chi connectivity index (χ4n) is 4.72. The number of hydrogen-bond donors (Lipinski definition) is 1. The first kappa shape index (κ1) is 25.0. The zero-order chi connectivity index (χ0) is 24.1. The van der Waals surface area contributed by atoms with Gasteiger partial charge in [0.1, 0.15) is 5.67 Å². The number of nitrogens with one attached hydrogen (secondary N) is 1. The highest BCUT2D eigenvalue weighted by Crippen LogP contribution is 2.35. The van der Waals surface area contributed by atoms with Gasteiger partial charge in [0.2, 0.25) is 5.91 Å². The minimum absolute atomic E-state index is 0.0229. The zero-order valence-corrected chi connectivity index (χ0v) is 20.3. The Kier molecular flexibility index (Phi) is 8.13. The van der Waals surface area contributed by atoms with Crippen molar-refractivity contribution < 1.29 is 22.7 Å². The summed E-state index contributed by atoms with van der Waals surface area (Å²) in [6.07, 6.45) is 5.48.